The van der Waals surface area contributed by atoms with Gasteiger partial charge in [-0.1, -0.05) is 60.1 Å². The number of rotatable bonds is 1. The van der Waals surface area contributed by atoms with Crippen LogP contribution in [0.3, 0.4) is 0 Å². The van der Waals surface area contributed by atoms with Crippen LogP contribution in [0.4, 0.5) is 0 Å². The Kier molecular flexibility index (Phi) is 6.68. The van der Waals surface area contributed by atoms with Crippen LogP contribution < -0.4 is 29.6 Å². The van der Waals surface area contributed by atoms with E-state index in [1.807, 2.05) is 0 Å². The Balaban J connectivity index is 0.00000180. The van der Waals surface area contributed by atoms with Crippen molar-refractivity contribution in [2.24, 2.45) is 50.2 Å². The van der Waals surface area contributed by atoms with Crippen molar-refractivity contribution in [2.75, 3.05) is 0 Å². The van der Waals surface area contributed by atoms with Crippen LogP contribution in [0.1, 0.15) is 108 Å². The number of allylic oxidation sites excluding steroid dienone is 2. The SMILES string of the molecule is CC1(C)CC[C@]2(C(=O)O)CC[C@]3(C)C(=CC[C@@H]4[C@@]5(C)C[C@@H](O)[C@H](O)C(C)(C)[C@@H]5CC[C@]43C)[C@@H]2C1.[H-].[Na+]. The monoisotopic (exact) mass is 496 g/mol. The Bertz CT molecular complexity index is 932. The molecule has 0 amide bonds. The van der Waals surface area contributed by atoms with Crippen molar-refractivity contribution in [3.8, 4) is 0 Å². The number of hydrogen-bond donors (Lipinski definition) is 3. The molecule has 0 aromatic heterocycles. The summed E-state index contributed by atoms with van der Waals surface area (Å²) >= 11 is 0. The van der Waals surface area contributed by atoms with Gasteiger partial charge in [-0.3, -0.25) is 4.79 Å². The van der Waals surface area contributed by atoms with Crippen LogP contribution in [-0.4, -0.2) is 33.5 Å². The molecule has 5 rings (SSSR count). The van der Waals surface area contributed by atoms with E-state index in [0.29, 0.717) is 18.3 Å². The van der Waals surface area contributed by atoms with E-state index in [4.69, 9.17) is 0 Å². The molecule has 4 fully saturated rings. The van der Waals surface area contributed by atoms with Crippen molar-refractivity contribution in [3.63, 3.8) is 0 Å². The first-order chi connectivity index (χ1) is 15.6. The number of carbonyl (C=O) groups is 1. The van der Waals surface area contributed by atoms with Crippen LogP contribution in [0, 0.1) is 50.2 Å². The smallest absolute Gasteiger partial charge is 1.00 e. The number of carboxylic acid groups (broad SMARTS) is 1. The van der Waals surface area contributed by atoms with Crippen molar-refractivity contribution in [2.45, 2.75) is 118 Å². The summed E-state index contributed by atoms with van der Waals surface area (Å²) in [7, 11) is 0. The fraction of sp³-hybridized carbons (Fsp3) is 0.900. The van der Waals surface area contributed by atoms with E-state index in [9.17, 15) is 20.1 Å². The molecule has 0 radical (unpaired) electrons. The Hall–Kier alpha value is 0.130. The maximum Gasteiger partial charge on any atom is 1.00 e. The van der Waals surface area contributed by atoms with Crippen LogP contribution in [0.2, 0.25) is 0 Å². The van der Waals surface area contributed by atoms with Gasteiger partial charge in [0.1, 0.15) is 0 Å². The van der Waals surface area contributed by atoms with Crippen LogP contribution in [0.25, 0.3) is 0 Å². The fourth-order valence-corrected chi connectivity index (χ4v) is 10.8. The topological polar surface area (TPSA) is 77.8 Å². The molecule has 0 spiro atoms. The summed E-state index contributed by atoms with van der Waals surface area (Å²) < 4.78 is 0. The minimum atomic E-state index is -0.679. The van der Waals surface area contributed by atoms with Gasteiger partial charge in [0.05, 0.1) is 17.6 Å². The van der Waals surface area contributed by atoms with E-state index >= 15 is 0 Å². The molecule has 0 unspecified atom stereocenters. The maximum absolute atomic E-state index is 12.8. The average molecular weight is 497 g/mol. The maximum atomic E-state index is 12.8. The molecule has 194 valence electrons. The summed E-state index contributed by atoms with van der Waals surface area (Å²) in [5, 5.41) is 32.4. The molecule has 35 heavy (non-hydrogen) atoms. The Morgan fingerprint density at radius 3 is 2.17 bits per heavy atom. The van der Waals surface area contributed by atoms with Crippen molar-refractivity contribution in [1.82, 2.24) is 0 Å². The Morgan fingerprint density at radius 2 is 1.54 bits per heavy atom. The zero-order valence-electron chi connectivity index (χ0n) is 24.6. The van der Waals surface area contributed by atoms with Crippen LogP contribution in [0.5, 0.6) is 0 Å². The third-order valence-electron chi connectivity index (χ3n) is 13.0. The van der Waals surface area contributed by atoms with E-state index < -0.39 is 23.6 Å². The quantitative estimate of drug-likeness (QED) is 0.385. The number of aliphatic hydroxyl groups excluding tert-OH is 2. The number of aliphatic hydroxyl groups is 2. The van der Waals surface area contributed by atoms with Gasteiger partial charge in [0.25, 0.3) is 0 Å². The second-order valence-electron chi connectivity index (χ2n) is 15.2. The molecule has 5 aliphatic rings. The normalized spacial score (nSPS) is 51.9. The largest absolute Gasteiger partial charge is 1.00 e. The Morgan fingerprint density at radius 1 is 0.914 bits per heavy atom. The van der Waals surface area contributed by atoms with Crippen molar-refractivity contribution in [3.05, 3.63) is 11.6 Å². The molecular weight excluding hydrogens is 447 g/mol. The first-order valence-corrected chi connectivity index (χ1v) is 13.9. The summed E-state index contributed by atoms with van der Waals surface area (Å²) in [5.41, 5.74) is 0.754. The van der Waals surface area contributed by atoms with Gasteiger partial charge in [-0.15, -0.1) is 0 Å². The first kappa shape index (κ1) is 28.1. The van der Waals surface area contributed by atoms with Gasteiger partial charge in [-0.2, -0.15) is 0 Å². The minimum absolute atomic E-state index is 0. The standard InChI is InChI=1S/C30H48O4.Na.H/c1-25(2)12-14-30(24(33)34)15-13-28(6)18(19(30)16-25)8-9-22-27(5)17-20(31)23(32)26(3,4)21(27)10-11-29(22,28)7;;/h8,19-23,31-32H,9-17H2,1-7H3,(H,33,34);;/q;+1;-1/t19-,20+,21-,22+,23-,27-,28+,29+,30-;;/m0../s1. The molecule has 0 aliphatic heterocycles. The predicted octanol–water partition coefficient (Wildman–Crippen LogP) is 3.32. The summed E-state index contributed by atoms with van der Waals surface area (Å²) in [6, 6.07) is 0. The molecule has 0 aromatic carbocycles. The summed E-state index contributed by atoms with van der Waals surface area (Å²) in [5.74, 6) is 0.365. The molecule has 0 saturated heterocycles. The molecule has 3 N–H and O–H groups in total. The van der Waals surface area contributed by atoms with Gasteiger partial charge in [-0.05, 0) is 103 Å². The van der Waals surface area contributed by atoms with Gasteiger partial charge in [0.2, 0.25) is 0 Å². The van der Waals surface area contributed by atoms with E-state index in [1.54, 1.807) is 0 Å². The van der Waals surface area contributed by atoms with Gasteiger partial charge >= 0.3 is 35.5 Å². The van der Waals surface area contributed by atoms with E-state index in [1.165, 1.54) is 5.57 Å². The van der Waals surface area contributed by atoms with Crippen molar-refractivity contribution in [1.29, 1.82) is 0 Å². The molecule has 5 aliphatic carbocycles. The van der Waals surface area contributed by atoms with Crippen LogP contribution >= 0.6 is 0 Å². The molecule has 4 nitrogen and oxygen atoms in total. The number of carboxylic acids is 1. The Labute approximate surface area is 236 Å². The number of hydrogen-bond acceptors (Lipinski definition) is 3. The van der Waals surface area contributed by atoms with Crippen LogP contribution in [0.15, 0.2) is 11.6 Å². The summed E-state index contributed by atoms with van der Waals surface area (Å²) in [4.78, 5) is 12.8. The molecule has 0 aromatic rings. The molecule has 4 saturated carbocycles. The van der Waals surface area contributed by atoms with Gasteiger partial charge < -0.3 is 16.7 Å². The molecular formula is C30H49NaO4. The van der Waals surface area contributed by atoms with E-state index in [0.717, 1.165) is 51.4 Å². The number of fused-ring (bicyclic) bond motifs is 7. The molecule has 9 atom stereocenters. The van der Waals surface area contributed by atoms with E-state index in [-0.39, 0.29) is 64.0 Å². The zero-order valence-corrected chi connectivity index (χ0v) is 25.6. The number of aliphatic carboxylic acids is 1. The average Bonchev–Trinajstić information content (AvgIpc) is 2.72. The van der Waals surface area contributed by atoms with Crippen LogP contribution in [-0.2, 0) is 4.79 Å². The first-order valence-electron chi connectivity index (χ1n) is 13.9. The summed E-state index contributed by atoms with van der Waals surface area (Å²) in [6.07, 6.45) is 9.45. The van der Waals surface area contributed by atoms with Gasteiger partial charge in [-0.25, -0.2) is 0 Å². The fourth-order valence-electron chi connectivity index (χ4n) is 10.8. The van der Waals surface area contributed by atoms with Gasteiger partial charge in [0, 0.05) is 0 Å². The second kappa shape index (κ2) is 8.31. The molecule has 0 bridgehead atoms. The van der Waals surface area contributed by atoms with Crippen molar-refractivity contribution >= 4 is 5.97 Å². The predicted molar refractivity (Wildman–Crippen MR) is 135 cm³/mol. The third kappa shape index (κ3) is 3.51. The zero-order chi connectivity index (χ0) is 25.1. The second-order valence-corrected chi connectivity index (χ2v) is 15.2. The molecule has 0 heterocycles. The summed E-state index contributed by atoms with van der Waals surface area (Å²) in [6.45, 7) is 16.3. The van der Waals surface area contributed by atoms with Crippen molar-refractivity contribution < 1.29 is 51.1 Å². The van der Waals surface area contributed by atoms with Gasteiger partial charge in [0.15, 0.2) is 0 Å². The van der Waals surface area contributed by atoms with E-state index in [2.05, 4.69) is 54.5 Å². The minimum Gasteiger partial charge on any atom is -1.00 e. The molecule has 5 heteroatoms. The third-order valence-corrected chi connectivity index (χ3v) is 13.0.